The van der Waals surface area contributed by atoms with Gasteiger partial charge in [-0.3, -0.25) is 4.79 Å². The number of carboxylic acid groups (broad SMARTS) is 1. The van der Waals surface area contributed by atoms with Crippen LogP contribution in [0.3, 0.4) is 0 Å². The average Bonchev–Trinajstić information content (AvgIpc) is 2.74. The van der Waals surface area contributed by atoms with Gasteiger partial charge in [0.1, 0.15) is 5.82 Å². The van der Waals surface area contributed by atoms with E-state index in [0.717, 1.165) is 37.0 Å². The van der Waals surface area contributed by atoms with Crippen LogP contribution in [-0.2, 0) is 11.2 Å². The van der Waals surface area contributed by atoms with Crippen molar-refractivity contribution < 1.29 is 14.3 Å². The normalized spacial score (nSPS) is 28.6. The minimum absolute atomic E-state index is 0.148. The number of halogens is 1. The van der Waals surface area contributed by atoms with Gasteiger partial charge in [0.2, 0.25) is 0 Å². The fourth-order valence-corrected chi connectivity index (χ4v) is 5.63. The summed E-state index contributed by atoms with van der Waals surface area (Å²) in [4.78, 5) is 11.3. The van der Waals surface area contributed by atoms with E-state index in [1.54, 1.807) is 18.2 Å². The number of carbonyl (C=O) groups is 1. The SMILES string of the molecule is C=CC(C(=O)O)C1CCC(CCC2CCC(CCc3ccc(F)cc3)CC2)CC1. The molecule has 0 saturated heterocycles. The standard InChI is InChI=1S/C26H37FO2/c1-2-25(26(28)29)23-15-11-21(12-16-23)9-7-19-3-5-20(6-4-19)8-10-22-13-17-24(27)18-14-22/h2,13-14,17-21,23,25H,1,3-12,15-16H2,(H,28,29). The molecular weight excluding hydrogens is 363 g/mol. The maximum atomic E-state index is 13.0. The van der Waals surface area contributed by atoms with Crippen molar-refractivity contribution in [2.45, 2.75) is 77.0 Å². The Morgan fingerprint density at radius 1 is 0.931 bits per heavy atom. The van der Waals surface area contributed by atoms with E-state index in [2.05, 4.69) is 6.58 Å². The number of carboxylic acids is 1. The summed E-state index contributed by atoms with van der Waals surface area (Å²) in [6, 6.07) is 6.98. The summed E-state index contributed by atoms with van der Waals surface area (Å²) in [6.07, 6.45) is 16.5. The molecule has 3 heteroatoms. The molecule has 0 bridgehead atoms. The van der Waals surface area contributed by atoms with Crippen molar-refractivity contribution in [2.24, 2.45) is 29.6 Å². The van der Waals surface area contributed by atoms with Gasteiger partial charge in [-0.25, -0.2) is 4.39 Å². The third-order valence-electron chi connectivity index (χ3n) is 7.64. The summed E-state index contributed by atoms with van der Waals surface area (Å²) in [6.45, 7) is 3.72. The third kappa shape index (κ3) is 6.69. The average molecular weight is 401 g/mol. The summed E-state index contributed by atoms with van der Waals surface area (Å²) in [5.41, 5.74) is 1.26. The Morgan fingerprint density at radius 3 is 1.90 bits per heavy atom. The van der Waals surface area contributed by atoms with Gasteiger partial charge in [-0.05, 0) is 67.1 Å². The number of aliphatic carboxylic acids is 1. The Bertz CT molecular complexity index is 637. The van der Waals surface area contributed by atoms with E-state index in [9.17, 15) is 14.3 Å². The first-order valence-electron chi connectivity index (χ1n) is 11.6. The van der Waals surface area contributed by atoms with Gasteiger partial charge in [-0.1, -0.05) is 69.6 Å². The minimum Gasteiger partial charge on any atom is -0.481 e. The van der Waals surface area contributed by atoms with Crippen LogP contribution in [0.25, 0.3) is 0 Å². The van der Waals surface area contributed by atoms with Crippen LogP contribution in [0, 0.1) is 35.4 Å². The largest absolute Gasteiger partial charge is 0.481 e. The highest BCUT2D eigenvalue weighted by Gasteiger charge is 2.30. The van der Waals surface area contributed by atoms with Gasteiger partial charge in [0.15, 0.2) is 0 Å². The molecule has 160 valence electrons. The molecule has 1 atom stereocenters. The number of aryl methyl sites for hydroxylation is 1. The Balaban J connectivity index is 1.30. The van der Waals surface area contributed by atoms with Crippen LogP contribution >= 0.6 is 0 Å². The first kappa shape index (κ1) is 22.1. The third-order valence-corrected chi connectivity index (χ3v) is 7.64. The van der Waals surface area contributed by atoms with Crippen molar-refractivity contribution in [3.05, 3.63) is 48.3 Å². The molecule has 2 saturated carbocycles. The molecule has 2 nitrogen and oxygen atoms in total. The molecule has 29 heavy (non-hydrogen) atoms. The van der Waals surface area contributed by atoms with Gasteiger partial charge in [-0.15, -0.1) is 6.58 Å². The number of hydrogen-bond donors (Lipinski definition) is 1. The van der Waals surface area contributed by atoms with E-state index in [1.807, 2.05) is 12.1 Å². The zero-order valence-electron chi connectivity index (χ0n) is 17.7. The molecule has 0 aliphatic heterocycles. The van der Waals surface area contributed by atoms with Crippen LogP contribution in [0.1, 0.15) is 76.2 Å². The summed E-state index contributed by atoms with van der Waals surface area (Å²) >= 11 is 0. The fraction of sp³-hybridized carbons (Fsp3) is 0.654. The molecule has 1 aromatic carbocycles. The van der Waals surface area contributed by atoms with Gasteiger partial charge < -0.3 is 5.11 Å². The predicted octanol–water partition coefficient (Wildman–Crippen LogP) is 7.04. The molecule has 0 aromatic heterocycles. The molecule has 0 heterocycles. The van der Waals surface area contributed by atoms with E-state index >= 15 is 0 Å². The van der Waals surface area contributed by atoms with E-state index in [1.165, 1.54) is 63.4 Å². The molecule has 0 amide bonds. The lowest BCUT2D eigenvalue weighted by Gasteiger charge is -2.33. The molecule has 1 N–H and O–H groups in total. The lowest BCUT2D eigenvalue weighted by atomic mass is 9.72. The highest BCUT2D eigenvalue weighted by molar-refractivity contribution is 5.72. The highest BCUT2D eigenvalue weighted by atomic mass is 19.1. The molecule has 2 fully saturated rings. The van der Waals surface area contributed by atoms with Gasteiger partial charge in [-0.2, -0.15) is 0 Å². The molecular formula is C26H37FO2. The van der Waals surface area contributed by atoms with Crippen molar-refractivity contribution >= 4 is 5.97 Å². The molecule has 0 spiro atoms. The molecule has 1 aromatic rings. The van der Waals surface area contributed by atoms with E-state index < -0.39 is 5.97 Å². The Morgan fingerprint density at radius 2 is 1.41 bits per heavy atom. The molecule has 2 aliphatic rings. The first-order valence-corrected chi connectivity index (χ1v) is 11.6. The van der Waals surface area contributed by atoms with Gasteiger partial charge in [0.25, 0.3) is 0 Å². The van der Waals surface area contributed by atoms with Crippen LogP contribution in [0.2, 0.25) is 0 Å². The lowest BCUT2D eigenvalue weighted by Crippen LogP contribution is -2.26. The van der Waals surface area contributed by atoms with E-state index in [-0.39, 0.29) is 17.7 Å². The highest BCUT2D eigenvalue weighted by Crippen LogP contribution is 2.39. The molecule has 0 radical (unpaired) electrons. The monoisotopic (exact) mass is 400 g/mol. The van der Waals surface area contributed by atoms with E-state index in [4.69, 9.17) is 0 Å². The van der Waals surface area contributed by atoms with Crippen LogP contribution in [0.15, 0.2) is 36.9 Å². The topological polar surface area (TPSA) is 37.3 Å². The zero-order chi connectivity index (χ0) is 20.6. The van der Waals surface area contributed by atoms with E-state index in [0.29, 0.717) is 0 Å². The summed E-state index contributed by atoms with van der Waals surface area (Å²) in [7, 11) is 0. The van der Waals surface area contributed by atoms with Crippen molar-refractivity contribution in [3.63, 3.8) is 0 Å². The zero-order valence-corrected chi connectivity index (χ0v) is 17.7. The number of hydrogen-bond acceptors (Lipinski definition) is 1. The molecule has 1 unspecified atom stereocenters. The Kier molecular flexibility index (Phi) is 8.32. The molecule has 3 rings (SSSR count). The van der Waals surface area contributed by atoms with Gasteiger partial charge in [0.05, 0.1) is 5.92 Å². The minimum atomic E-state index is -0.709. The number of rotatable bonds is 9. The second-order valence-electron chi connectivity index (χ2n) is 9.51. The maximum Gasteiger partial charge on any atom is 0.310 e. The van der Waals surface area contributed by atoms with Crippen molar-refractivity contribution in [1.82, 2.24) is 0 Å². The second kappa shape index (κ2) is 10.9. The van der Waals surface area contributed by atoms with Crippen LogP contribution in [-0.4, -0.2) is 11.1 Å². The van der Waals surface area contributed by atoms with Gasteiger partial charge in [0, 0.05) is 0 Å². The second-order valence-corrected chi connectivity index (χ2v) is 9.51. The number of benzene rings is 1. The quantitative estimate of drug-likeness (QED) is 0.451. The van der Waals surface area contributed by atoms with Crippen molar-refractivity contribution in [3.8, 4) is 0 Å². The summed E-state index contributed by atoms with van der Waals surface area (Å²) < 4.78 is 13.0. The molecule has 2 aliphatic carbocycles. The van der Waals surface area contributed by atoms with Crippen LogP contribution in [0.5, 0.6) is 0 Å². The van der Waals surface area contributed by atoms with Gasteiger partial charge >= 0.3 is 5.97 Å². The first-order chi connectivity index (χ1) is 14.0. The summed E-state index contributed by atoms with van der Waals surface area (Å²) in [5.74, 6) is 1.58. The Hall–Kier alpha value is -1.64. The Labute approximate surface area is 175 Å². The lowest BCUT2D eigenvalue weighted by molar-refractivity contribution is -0.142. The fourth-order valence-electron chi connectivity index (χ4n) is 5.63. The maximum absolute atomic E-state index is 13.0. The van der Waals surface area contributed by atoms with Crippen LogP contribution in [0.4, 0.5) is 4.39 Å². The van der Waals surface area contributed by atoms with Crippen molar-refractivity contribution in [1.29, 1.82) is 0 Å². The van der Waals surface area contributed by atoms with Crippen LogP contribution < -0.4 is 0 Å². The smallest absolute Gasteiger partial charge is 0.310 e. The predicted molar refractivity (Wildman–Crippen MR) is 116 cm³/mol. The van der Waals surface area contributed by atoms with Crippen molar-refractivity contribution in [2.75, 3.05) is 0 Å². The summed E-state index contributed by atoms with van der Waals surface area (Å²) in [5, 5.41) is 9.31.